The predicted octanol–water partition coefficient (Wildman–Crippen LogP) is 4.88. The van der Waals surface area contributed by atoms with Gasteiger partial charge in [0.15, 0.2) is 5.82 Å². The van der Waals surface area contributed by atoms with Gasteiger partial charge in [0, 0.05) is 36.4 Å². The molecule has 148 valence electrons. The van der Waals surface area contributed by atoms with Crippen LogP contribution in [0.25, 0.3) is 17.0 Å². The molecule has 0 saturated heterocycles. The summed E-state index contributed by atoms with van der Waals surface area (Å²) in [4.78, 5) is 6.08. The number of hydrogen-bond acceptors (Lipinski definition) is 4. The van der Waals surface area contributed by atoms with Gasteiger partial charge in [-0.1, -0.05) is 18.2 Å². The van der Waals surface area contributed by atoms with E-state index >= 15 is 0 Å². The Morgan fingerprint density at radius 1 is 1.07 bits per heavy atom. The second kappa shape index (κ2) is 7.54. The topological polar surface area (TPSA) is 46.8 Å². The highest BCUT2D eigenvalue weighted by Gasteiger charge is 2.38. The van der Waals surface area contributed by atoms with E-state index in [1.54, 1.807) is 24.5 Å². The van der Waals surface area contributed by atoms with Crippen LogP contribution in [0.5, 0.6) is 0 Å². The molecular formula is C21H18F3N5. The van der Waals surface area contributed by atoms with Crippen molar-refractivity contribution < 1.29 is 13.2 Å². The van der Waals surface area contributed by atoms with E-state index in [0.29, 0.717) is 12.1 Å². The third kappa shape index (κ3) is 3.91. The maximum absolute atomic E-state index is 13.2. The maximum Gasteiger partial charge on any atom is 0.408 e. The number of benzene rings is 1. The van der Waals surface area contributed by atoms with E-state index in [-0.39, 0.29) is 5.82 Å². The molecule has 0 saturated carbocycles. The molecule has 5 nitrogen and oxygen atoms in total. The van der Waals surface area contributed by atoms with Crippen LogP contribution in [0.15, 0.2) is 73.5 Å². The molecule has 0 fully saturated rings. The van der Waals surface area contributed by atoms with Crippen molar-refractivity contribution in [3.63, 3.8) is 0 Å². The van der Waals surface area contributed by atoms with Gasteiger partial charge in [-0.25, -0.2) is 0 Å². The predicted molar refractivity (Wildman–Crippen MR) is 105 cm³/mol. The summed E-state index contributed by atoms with van der Waals surface area (Å²) in [6.07, 6.45) is 6.15. The average molecular weight is 397 g/mol. The summed E-state index contributed by atoms with van der Waals surface area (Å²) < 4.78 is 40.6. The molecule has 2 aromatic heterocycles. The third-order valence-electron chi connectivity index (χ3n) is 4.86. The van der Waals surface area contributed by atoms with Gasteiger partial charge in [-0.2, -0.15) is 13.2 Å². The van der Waals surface area contributed by atoms with Crippen molar-refractivity contribution in [1.29, 1.82) is 0 Å². The Labute approximate surface area is 165 Å². The largest absolute Gasteiger partial charge is 0.408 e. The van der Waals surface area contributed by atoms with Gasteiger partial charge >= 0.3 is 6.18 Å². The molecule has 0 bridgehead atoms. The third-order valence-corrected chi connectivity index (χ3v) is 4.86. The van der Waals surface area contributed by atoms with Crippen LogP contribution < -0.4 is 4.90 Å². The van der Waals surface area contributed by atoms with E-state index in [1.165, 1.54) is 0 Å². The van der Waals surface area contributed by atoms with E-state index in [9.17, 15) is 13.2 Å². The second-order valence-electron chi connectivity index (χ2n) is 6.73. The molecule has 0 amide bonds. The summed E-state index contributed by atoms with van der Waals surface area (Å²) in [6.45, 7) is 1.73. The van der Waals surface area contributed by atoms with Gasteiger partial charge in [0.05, 0.1) is 0 Å². The number of allylic oxidation sites excluding steroid dienone is 2. The van der Waals surface area contributed by atoms with Crippen molar-refractivity contribution in [3.05, 3.63) is 79.0 Å². The van der Waals surface area contributed by atoms with Crippen molar-refractivity contribution in [3.8, 4) is 11.4 Å². The summed E-state index contributed by atoms with van der Waals surface area (Å²) in [7, 11) is 0. The highest BCUT2D eigenvalue weighted by Crippen LogP contribution is 2.34. The first-order valence-electron chi connectivity index (χ1n) is 9.04. The monoisotopic (exact) mass is 397 g/mol. The van der Waals surface area contributed by atoms with Crippen molar-refractivity contribution in [2.45, 2.75) is 19.1 Å². The normalized spacial score (nSPS) is 15.3. The SMILES string of the molecule is C[C@H](n1cnnc1-c1cccc(N2C=CC=C(c3ccncc3)C2)c1)C(F)(F)F. The summed E-state index contributed by atoms with van der Waals surface area (Å²) in [6, 6.07) is 9.45. The van der Waals surface area contributed by atoms with Crippen LogP contribution in [0.3, 0.4) is 0 Å². The van der Waals surface area contributed by atoms with Crippen LogP contribution in [0, 0.1) is 0 Å². The van der Waals surface area contributed by atoms with E-state index in [2.05, 4.69) is 15.2 Å². The van der Waals surface area contributed by atoms with Crippen LogP contribution >= 0.6 is 0 Å². The first-order valence-corrected chi connectivity index (χ1v) is 9.04. The summed E-state index contributed by atoms with van der Waals surface area (Å²) in [5.74, 6) is 0.183. The number of anilines is 1. The zero-order valence-corrected chi connectivity index (χ0v) is 15.6. The molecule has 0 aliphatic carbocycles. The summed E-state index contributed by atoms with van der Waals surface area (Å²) in [5, 5.41) is 7.63. The smallest absolute Gasteiger partial charge is 0.344 e. The molecule has 3 aromatic rings. The summed E-state index contributed by atoms with van der Waals surface area (Å²) >= 11 is 0. The number of pyridine rings is 1. The lowest BCUT2D eigenvalue weighted by molar-refractivity contribution is -0.162. The van der Waals surface area contributed by atoms with Gasteiger partial charge in [0.25, 0.3) is 0 Å². The van der Waals surface area contributed by atoms with Gasteiger partial charge in [0.1, 0.15) is 12.4 Å². The van der Waals surface area contributed by atoms with Crippen molar-refractivity contribution in [1.82, 2.24) is 19.7 Å². The Bertz CT molecular complexity index is 1050. The lowest BCUT2D eigenvalue weighted by Gasteiger charge is -2.25. The Kier molecular flexibility index (Phi) is 4.92. The Morgan fingerprint density at radius 3 is 2.62 bits per heavy atom. The van der Waals surface area contributed by atoms with Crippen LogP contribution in [0.4, 0.5) is 18.9 Å². The van der Waals surface area contributed by atoms with Gasteiger partial charge < -0.3 is 9.47 Å². The van der Waals surface area contributed by atoms with E-state index in [4.69, 9.17) is 0 Å². The number of halogens is 3. The quantitative estimate of drug-likeness (QED) is 0.630. The molecule has 0 spiro atoms. The molecule has 0 radical (unpaired) electrons. The number of nitrogens with zero attached hydrogens (tertiary/aromatic N) is 5. The Hall–Kier alpha value is -3.42. The zero-order chi connectivity index (χ0) is 20.4. The molecule has 4 rings (SSSR count). The lowest BCUT2D eigenvalue weighted by atomic mass is 10.0. The average Bonchev–Trinajstić information content (AvgIpc) is 3.23. The van der Waals surface area contributed by atoms with E-state index in [0.717, 1.165) is 34.6 Å². The minimum atomic E-state index is -4.38. The summed E-state index contributed by atoms with van der Waals surface area (Å²) in [5.41, 5.74) is 3.62. The van der Waals surface area contributed by atoms with Gasteiger partial charge in [0.2, 0.25) is 0 Å². The highest BCUT2D eigenvalue weighted by atomic mass is 19.4. The fraction of sp³-hybridized carbons (Fsp3) is 0.190. The molecule has 1 aliphatic heterocycles. The Morgan fingerprint density at radius 2 is 1.86 bits per heavy atom. The van der Waals surface area contributed by atoms with Crippen LogP contribution in [-0.4, -0.2) is 32.5 Å². The van der Waals surface area contributed by atoms with Crippen LogP contribution in [0.1, 0.15) is 18.5 Å². The van der Waals surface area contributed by atoms with Crippen molar-refractivity contribution in [2.24, 2.45) is 0 Å². The minimum absolute atomic E-state index is 0.183. The number of alkyl halides is 3. The van der Waals surface area contributed by atoms with Gasteiger partial charge in [-0.15, -0.1) is 10.2 Å². The maximum atomic E-state index is 13.2. The molecule has 29 heavy (non-hydrogen) atoms. The molecular weight excluding hydrogens is 379 g/mol. The standard InChI is InChI=1S/C21H18F3N5/c1-15(21(22,23)24)29-14-26-27-20(29)17-4-2-6-19(12-17)28-11-3-5-18(13-28)16-7-9-25-10-8-16/h2-12,14-15H,13H2,1H3/t15-/m0/s1. The first kappa shape index (κ1) is 18.9. The number of aromatic nitrogens is 4. The fourth-order valence-corrected chi connectivity index (χ4v) is 3.20. The molecule has 8 heteroatoms. The van der Waals surface area contributed by atoms with E-state index < -0.39 is 12.2 Å². The zero-order valence-electron chi connectivity index (χ0n) is 15.6. The van der Waals surface area contributed by atoms with Gasteiger partial charge in [-0.3, -0.25) is 4.98 Å². The molecule has 1 atom stereocenters. The molecule has 1 aromatic carbocycles. The first-order chi connectivity index (χ1) is 13.9. The van der Waals surface area contributed by atoms with Crippen LogP contribution in [0.2, 0.25) is 0 Å². The fourth-order valence-electron chi connectivity index (χ4n) is 3.20. The van der Waals surface area contributed by atoms with Gasteiger partial charge in [-0.05, 0) is 48.4 Å². The number of hydrogen-bond donors (Lipinski definition) is 0. The molecule has 0 unspecified atom stereocenters. The molecule has 3 heterocycles. The number of rotatable bonds is 4. The Balaban J connectivity index is 1.62. The molecule has 0 N–H and O–H groups in total. The van der Waals surface area contributed by atoms with Crippen molar-refractivity contribution >= 4 is 11.3 Å². The highest BCUT2D eigenvalue weighted by molar-refractivity contribution is 5.75. The van der Waals surface area contributed by atoms with E-state index in [1.807, 2.05) is 47.5 Å². The minimum Gasteiger partial charge on any atom is -0.344 e. The van der Waals surface area contributed by atoms with Crippen LogP contribution in [-0.2, 0) is 0 Å². The molecule has 1 aliphatic rings. The lowest BCUT2D eigenvalue weighted by Crippen LogP contribution is -2.24. The second-order valence-corrected chi connectivity index (χ2v) is 6.73. The van der Waals surface area contributed by atoms with Crippen molar-refractivity contribution in [2.75, 3.05) is 11.4 Å².